The van der Waals surface area contributed by atoms with Gasteiger partial charge in [0.2, 0.25) is 15.9 Å². The van der Waals surface area contributed by atoms with Gasteiger partial charge in [-0.15, -0.1) is 11.3 Å². The fourth-order valence-electron chi connectivity index (χ4n) is 3.82. The maximum atomic E-state index is 13.1. The minimum atomic E-state index is -3.70. The molecule has 0 bridgehead atoms. The van der Waals surface area contributed by atoms with Gasteiger partial charge in [-0.25, -0.2) is 18.1 Å². The Morgan fingerprint density at radius 1 is 1.09 bits per heavy atom. The lowest BCUT2D eigenvalue weighted by molar-refractivity contribution is -0.118. The zero-order valence-electron chi connectivity index (χ0n) is 18.0. The number of nitrogens with zero attached hydrogens (tertiary/aromatic N) is 2. The second-order valence-electron chi connectivity index (χ2n) is 7.89. The van der Waals surface area contributed by atoms with Crippen molar-refractivity contribution >= 4 is 32.4 Å². The maximum absolute atomic E-state index is 13.1. The lowest BCUT2D eigenvalue weighted by Crippen LogP contribution is -2.26. The summed E-state index contributed by atoms with van der Waals surface area (Å²) in [6, 6.07) is 11.9. The van der Waals surface area contributed by atoms with Gasteiger partial charge in [-0.2, -0.15) is 0 Å². The molecule has 8 nitrogen and oxygen atoms in total. The fourth-order valence-corrected chi connectivity index (χ4v) is 5.35. The number of hydrogen-bond donors (Lipinski definition) is 2. The largest absolute Gasteiger partial charge is 0.381 e. The molecule has 174 valence electrons. The molecule has 4 rings (SSSR count). The molecule has 1 fully saturated rings. The molecule has 2 aromatic heterocycles. The predicted octanol–water partition coefficient (Wildman–Crippen LogP) is 3.56. The van der Waals surface area contributed by atoms with E-state index in [1.165, 1.54) is 11.3 Å². The van der Waals surface area contributed by atoms with Crippen molar-refractivity contribution in [3.05, 3.63) is 71.5 Å². The summed E-state index contributed by atoms with van der Waals surface area (Å²) >= 11 is 1.36. The molecule has 0 radical (unpaired) electrons. The number of benzene rings is 1. The Balaban J connectivity index is 1.49. The minimum Gasteiger partial charge on any atom is -0.381 e. The Bertz CT molecular complexity index is 1130. The zero-order chi connectivity index (χ0) is 23.1. The third-order valence-electron chi connectivity index (χ3n) is 5.65. The van der Waals surface area contributed by atoms with Gasteiger partial charge < -0.3 is 10.1 Å². The molecule has 10 heteroatoms. The van der Waals surface area contributed by atoms with E-state index in [0.717, 1.165) is 18.4 Å². The fraction of sp³-hybridized carbons (Fsp3) is 0.348. The number of hydrogen-bond acceptors (Lipinski definition) is 7. The van der Waals surface area contributed by atoms with E-state index in [9.17, 15) is 13.2 Å². The van der Waals surface area contributed by atoms with Gasteiger partial charge in [0.15, 0.2) is 5.13 Å². The number of sulfonamides is 1. The molecule has 3 heterocycles. The molecule has 1 aliphatic rings. The van der Waals surface area contributed by atoms with Crippen LogP contribution in [0.5, 0.6) is 0 Å². The van der Waals surface area contributed by atoms with Crippen molar-refractivity contribution in [2.75, 3.05) is 18.5 Å². The third-order valence-corrected chi connectivity index (χ3v) is 7.76. The van der Waals surface area contributed by atoms with Gasteiger partial charge >= 0.3 is 0 Å². The Morgan fingerprint density at radius 3 is 2.55 bits per heavy atom. The molecule has 2 N–H and O–H groups in total. The summed E-state index contributed by atoms with van der Waals surface area (Å²) in [7, 11) is -3.70. The van der Waals surface area contributed by atoms with Crippen LogP contribution in [-0.4, -0.2) is 37.5 Å². The zero-order valence-corrected chi connectivity index (χ0v) is 19.6. The molecule has 1 saturated heterocycles. The normalized spacial score (nSPS) is 15.8. The topological polar surface area (TPSA) is 110 Å². The summed E-state index contributed by atoms with van der Waals surface area (Å²) in [5.41, 5.74) is 1.41. The summed E-state index contributed by atoms with van der Waals surface area (Å²) in [5, 5.41) is 5.25. The highest BCUT2D eigenvalue weighted by Crippen LogP contribution is 2.31. The number of aromatic nitrogens is 2. The van der Waals surface area contributed by atoms with Gasteiger partial charge in [0, 0.05) is 31.0 Å². The molecule has 1 amide bonds. The summed E-state index contributed by atoms with van der Waals surface area (Å²) in [5.74, 6) is -0.176. The highest BCUT2D eigenvalue weighted by atomic mass is 32.2. The first-order valence-electron chi connectivity index (χ1n) is 10.8. The molecule has 0 spiro atoms. The Hall–Kier alpha value is -2.66. The summed E-state index contributed by atoms with van der Waals surface area (Å²) in [6.45, 7) is 1.50. The van der Waals surface area contributed by atoms with Crippen LogP contribution in [0.2, 0.25) is 0 Å². The van der Waals surface area contributed by atoms with Crippen LogP contribution in [-0.2, 0) is 26.1 Å². The Kier molecular flexibility index (Phi) is 7.81. The van der Waals surface area contributed by atoms with Gasteiger partial charge in [-0.3, -0.25) is 9.78 Å². The van der Waals surface area contributed by atoms with Crippen LogP contribution in [0, 0.1) is 5.92 Å². The van der Waals surface area contributed by atoms with Crippen LogP contribution in [0.3, 0.4) is 0 Å². The third kappa shape index (κ3) is 6.44. The van der Waals surface area contributed by atoms with Crippen LogP contribution in [0.1, 0.15) is 36.4 Å². The predicted molar refractivity (Wildman–Crippen MR) is 126 cm³/mol. The van der Waals surface area contributed by atoms with Crippen LogP contribution in [0.15, 0.2) is 65.1 Å². The number of nitrogens with one attached hydrogen (secondary N) is 2. The maximum Gasteiger partial charge on any atom is 0.240 e. The average molecular weight is 487 g/mol. The molecular weight excluding hydrogens is 460 g/mol. The number of amides is 1. The van der Waals surface area contributed by atoms with Gasteiger partial charge in [-0.05, 0) is 55.0 Å². The Morgan fingerprint density at radius 2 is 1.88 bits per heavy atom. The summed E-state index contributed by atoms with van der Waals surface area (Å²) in [4.78, 5) is 21.5. The van der Waals surface area contributed by atoms with Crippen molar-refractivity contribution in [3.8, 4) is 0 Å². The van der Waals surface area contributed by atoms with Gasteiger partial charge in [0.1, 0.15) is 0 Å². The quantitative estimate of drug-likeness (QED) is 0.479. The molecule has 3 aromatic rings. The van der Waals surface area contributed by atoms with Crippen molar-refractivity contribution in [3.63, 3.8) is 0 Å². The van der Waals surface area contributed by atoms with Crippen LogP contribution in [0.25, 0.3) is 0 Å². The minimum absolute atomic E-state index is 0.105. The second-order valence-corrected chi connectivity index (χ2v) is 10.5. The first kappa shape index (κ1) is 23.5. The lowest BCUT2D eigenvalue weighted by Gasteiger charge is -2.26. The van der Waals surface area contributed by atoms with Crippen LogP contribution in [0.4, 0.5) is 5.13 Å². The molecule has 1 unspecified atom stereocenters. The van der Waals surface area contributed by atoms with Crippen molar-refractivity contribution in [1.82, 2.24) is 14.7 Å². The van der Waals surface area contributed by atoms with Crippen molar-refractivity contribution in [2.24, 2.45) is 5.92 Å². The van der Waals surface area contributed by atoms with Crippen molar-refractivity contribution < 1.29 is 17.9 Å². The molecule has 0 aliphatic carbocycles. The van der Waals surface area contributed by atoms with Gasteiger partial charge in [0.25, 0.3) is 0 Å². The van der Waals surface area contributed by atoms with E-state index >= 15 is 0 Å². The molecule has 1 aliphatic heterocycles. The molecule has 33 heavy (non-hydrogen) atoms. The highest BCUT2D eigenvalue weighted by Gasteiger charge is 2.27. The number of pyridine rings is 1. The van der Waals surface area contributed by atoms with Gasteiger partial charge in [0.05, 0.1) is 23.1 Å². The van der Waals surface area contributed by atoms with E-state index in [1.807, 2.05) is 0 Å². The van der Waals surface area contributed by atoms with E-state index in [2.05, 4.69) is 20.0 Å². The summed E-state index contributed by atoms with van der Waals surface area (Å²) < 4.78 is 33.4. The molecule has 1 atom stereocenters. The molecular formula is C23H26N4O4S2. The smallest absolute Gasteiger partial charge is 0.240 e. The van der Waals surface area contributed by atoms with Crippen LogP contribution < -0.4 is 10.0 Å². The number of rotatable bonds is 9. The monoisotopic (exact) mass is 486 g/mol. The van der Waals surface area contributed by atoms with E-state index in [4.69, 9.17) is 4.74 Å². The van der Waals surface area contributed by atoms with E-state index in [1.54, 1.807) is 60.2 Å². The standard InChI is InChI=1S/C23H26N4O4S2/c28-22(27-23-25-11-14-32-23)21(15-17-8-12-31-13-9-17)18-4-6-20(7-5-18)33(29,30)26-16-19-3-1-2-10-24-19/h1-7,10-11,14,17,21,26H,8-9,12-13,15-16H2,(H,25,27,28). The second kappa shape index (κ2) is 11.0. The van der Waals surface area contributed by atoms with Gasteiger partial charge in [-0.1, -0.05) is 18.2 Å². The number of anilines is 1. The highest BCUT2D eigenvalue weighted by molar-refractivity contribution is 7.89. The Labute approximate surface area is 197 Å². The molecule has 0 saturated carbocycles. The summed E-state index contributed by atoms with van der Waals surface area (Å²) in [6.07, 6.45) is 5.75. The van der Waals surface area contributed by atoms with E-state index in [-0.39, 0.29) is 17.3 Å². The molecule has 1 aromatic carbocycles. The number of thiazole rings is 1. The first-order valence-corrected chi connectivity index (χ1v) is 13.2. The van der Waals surface area contributed by atoms with Crippen molar-refractivity contribution in [1.29, 1.82) is 0 Å². The first-order chi connectivity index (χ1) is 16.0. The number of ether oxygens (including phenoxy) is 1. The average Bonchev–Trinajstić information content (AvgIpc) is 3.36. The SMILES string of the molecule is O=C(Nc1nccs1)C(CC1CCOCC1)c1ccc(S(=O)(=O)NCc2ccccn2)cc1. The lowest BCUT2D eigenvalue weighted by atomic mass is 9.84. The number of carbonyl (C=O) groups excluding carboxylic acids is 1. The van der Waals surface area contributed by atoms with Crippen LogP contribution >= 0.6 is 11.3 Å². The van der Waals surface area contributed by atoms with Crippen molar-refractivity contribution in [2.45, 2.75) is 36.6 Å². The number of carbonyl (C=O) groups is 1. The van der Waals surface area contributed by atoms with E-state index in [0.29, 0.717) is 36.4 Å². The van der Waals surface area contributed by atoms with E-state index < -0.39 is 15.9 Å².